The van der Waals surface area contributed by atoms with Gasteiger partial charge in [-0.1, -0.05) is 12.1 Å². The third kappa shape index (κ3) is 2.97. The van der Waals surface area contributed by atoms with E-state index in [2.05, 4.69) is 15.0 Å². The van der Waals surface area contributed by atoms with Crippen LogP contribution >= 0.6 is 0 Å². The zero-order valence-corrected chi connectivity index (χ0v) is 10.6. The Balaban J connectivity index is 2.22. The first-order valence-corrected chi connectivity index (χ1v) is 6.04. The summed E-state index contributed by atoms with van der Waals surface area (Å²) in [5.41, 5.74) is 1.73. The van der Waals surface area contributed by atoms with Crippen LogP contribution in [0.15, 0.2) is 18.2 Å². The molecule has 1 saturated heterocycles. The van der Waals surface area contributed by atoms with E-state index < -0.39 is 6.61 Å². The fraction of sp³-hybridized carbons (Fsp3) is 0.538. The summed E-state index contributed by atoms with van der Waals surface area (Å²) in [7, 11) is 2.04. The van der Waals surface area contributed by atoms with Crippen LogP contribution < -0.4 is 10.1 Å². The molecule has 100 valence electrons. The lowest BCUT2D eigenvalue weighted by molar-refractivity contribution is -0.0503. The van der Waals surface area contributed by atoms with Crippen molar-refractivity contribution in [3.8, 4) is 5.75 Å². The molecule has 0 amide bonds. The average molecular weight is 256 g/mol. The molecule has 1 aliphatic heterocycles. The Labute approximate surface area is 106 Å². The molecule has 2 rings (SSSR count). The highest BCUT2D eigenvalue weighted by atomic mass is 19.3. The zero-order chi connectivity index (χ0) is 13.1. The van der Waals surface area contributed by atoms with Crippen LogP contribution in [0.3, 0.4) is 0 Å². The van der Waals surface area contributed by atoms with Gasteiger partial charge < -0.3 is 10.1 Å². The van der Waals surface area contributed by atoms with Crippen molar-refractivity contribution in [2.75, 3.05) is 26.7 Å². The van der Waals surface area contributed by atoms with Gasteiger partial charge in [0.05, 0.1) is 0 Å². The predicted molar refractivity (Wildman–Crippen MR) is 66.1 cm³/mol. The highest BCUT2D eigenvalue weighted by Crippen LogP contribution is 2.27. The molecule has 5 heteroatoms. The van der Waals surface area contributed by atoms with Gasteiger partial charge in [-0.15, -0.1) is 0 Å². The number of benzene rings is 1. The standard InChI is InChI=1S/C13H18F2N2O/c1-9-3-4-10(7-12(9)18-13(14)15)11-8-16-5-6-17(11)2/h3-4,7,11,13,16H,5-6,8H2,1-2H3. The second-order valence-electron chi connectivity index (χ2n) is 4.60. The summed E-state index contributed by atoms with van der Waals surface area (Å²) in [6.45, 7) is 1.72. The first kappa shape index (κ1) is 13.2. The number of hydrogen-bond acceptors (Lipinski definition) is 3. The maximum atomic E-state index is 12.3. The van der Waals surface area contributed by atoms with E-state index in [1.165, 1.54) is 0 Å². The molecule has 18 heavy (non-hydrogen) atoms. The molecule has 1 unspecified atom stereocenters. The number of aryl methyl sites for hydroxylation is 1. The Hall–Kier alpha value is -1.20. The summed E-state index contributed by atoms with van der Waals surface area (Å²) in [4.78, 5) is 2.22. The van der Waals surface area contributed by atoms with E-state index in [1.54, 1.807) is 13.0 Å². The van der Waals surface area contributed by atoms with Gasteiger partial charge in [0, 0.05) is 25.7 Å². The van der Waals surface area contributed by atoms with Crippen molar-refractivity contribution in [1.82, 2.24) is 10.2 Å². The molecule has 1 fully saturated rings. The summed E-state index contributed by atoms with van der Waals surface area (Å²) in [6.07, 6.45) is 0. The Morgan fingerprint density at radius 1 is 1.44 bits per heavy atom. The highest BCUT2D eigenvalue weighted by Gasteiger charge is 2.21. The summed E-state index contributed by atoms with van der Waals surface area (Å²) in [5.74, 6) is 0.265. The molecule has 0 bridgehead atoms. The number of ether oxygens (including phenoxy) is 1. The fourth-order valence-electron chi connectivity index (χ4n) is 2.23. The van der Waals surface area contributed by atoms with Gasteiger partial charge in [-0.2, -0.15) is 8.78 Å². The number of rotatable bonds is 3. The average Bonchev–Trinajstić information content (AvgIpc) is 2.32. The smallest absolute Gasteiger partial charge is 0.387 e. The number of nitrogens with zero attached hydrogens (tertiary/aromatic N) is 1. The third-order valence-corrected chi connectivity index (χ3v) is 3.32. The van der Waals surface area contributed by atoms with Gasteiger partial charge in [-0.3, -0.25) is 4.90 Å². The summed E-state index contributed by atoms with van der Waals surface area (Å²) in [5, 5.41) is 3.31. The lowest BCUT2D eigenvalue weighted by Crippen LogP contribution is -2.43. The van der Waals surface area contributed by atoms with E-state index in [9.17, 15) is 8.78 Å². The second-order valence-corrected chi connectivity index (χ2v) is 4.60. The number of nitrogens with one attached hydrogen (secondary N) is 1. The summed E-state index contributed by atoms with van der Waals surface area (Å²) < 4.78 is 29.2. The molecule has 0 radical (unpaired) electrons. The molecule has 1 heterocycles. The lowest BCUT2D eigenvalue weighted by Gasteiger charge is -2.33. The normalized spacial score (nSPS) is 21.3. The number of hydrogen-bond donors (Lipinski definition) is 1. The van der Waals surface area contributed by atoms with Crippen molar-refractivity contribution in [2.45, 2.75) is 19.6 Å². The van der Waals surface area contributed by atoms with Crippen LogP contribution in [0.4, 0.5) is 8.78 Å². The van der Waals surface area contributed by atoms with E-state index in [0.29, 0.717) is 0 Å². The van der Waals surface area contributed by atoms with Crippen molar-refractivity contribution in [3.63, 3.8) is 0 Å². The summed E-state index contributed by atoms with van der Waals surface area (Å²) in [6, 6.07) is 5.73. The van der Waals surface area contributed by atoms with Gasteiger partial charge in [0.15, 0.2) is 0 Å². The molecular weight excluding hydrogens is 238 g/mol. The third-order valence-electron chi connectivity index (χ3n) is 3.32. The Bertz CT molecular complexity index is 412. The molecule has 0 aliphatic carbocycles. The topological polar surface area (TPSA) is 24.5 Å². The Morgan fingerprint density at radius 2 is 2.22 bits per heavy atom. The zero-order valence-electron chi connectivity index (χ0n) is 10.6. The van der Waals surface area contributed by atoms with Crippen LogP contribution in [0, 0.1) is 6.92 Å². The molecule has 0 spiro atoms. The van der Waals surface area contributed by atoms with Crippen LogP contribution in [-0.4, -0.2) is 38.2 Å². The van der Waals surface area contributed by atoms with Gasteiger partial charge in [-0.05, 0) is 31.2 Å². The molecule has 1 aliphatic rings. The van der Waals surface area contributed by atoms with Crippen molar-refractivity contribution in [1.29, 1.82) is 0 Å². The minimum Gasteiger partial charge on any atom is -0.435 e. The van der Waals surface area contributed by atoms with Crippen LogP contribution in [0.25, 0.3) is 0 Å². The fourth-order valence-corrected chi connectivity index (χ4v) is 2.23. The quantitative estimate of drug-likeness (QED) is 0.897. The molecule has 0 aromatic heterocycles. The Kier molecular flexibility index (Phi) is 4.14. The van der Waals surface area contributed by atoms with Crippen LogP contribution in [0.1, 0.15) is 17.2 Å². The molecule has 1 N–H and O–H groups in total. The minimum absolute atomic E-state index is 0.208. The highest BCUT2D eigenvalue weighted by molar-refractivity contribution is 5.38. The number of piperazine rings is 1. The van der Waals surface area contributed by atoms with Crippen molar-refractivity contribution >= 4 is 0 Å². The van der Waals surface area contributed by atoms with Gasteiger partial charge in [0.2, 0.25) is 0 Å². The first-order valence-electron chi connectivity index (χ1n) is 6.04. The largest absolute Gasteiger partial charge is 0.435 e. The van der Waals surface area contributed by atoms with E-state index in [-0.39, 0.29) is 11.8 Å². The van der Waals surface area contributed by atoms with Gasteiger partial charge >= 0.3 is 6.61 Å². The van der Waals surface area contributed by atoms with Crippen LogP contribution in [0.5, 0.6) is 5.75 Å². The molecule has 1 atom stereocenters. The van der Waals surface area contributed by atoms with E-state index in [0.717, 1.165) is 30.8 Å². The molecule has 0 saturated carbocycles. The van der Waals surface area contributed by atoms with E-state index in [1.807, 2.05) is 19.2 Å². The Morgan fingerprint density at radius 3 is 2.89 bits per heavy atom. The number of likely N-dealkylation sites (N-methyl/N-ethyl adjacent to an activating group) is 1. The maximum absolute atomic E-state index is 12.3. The molecular formula is C13H18F2N2O. The van der Waals surface area contributed by atoms with E-state index in [4.69, 9.17) is 0 Å². The van der Waals surface area contributed by atoms with Crippen molar-refractivity contribution < 1.29 is 13.5 Å². The molecule has 1 aromatic rings. The second kappa shape index (κ2) is 5.63. The van der Waals surface area contributed by atoms with E-state index >= 15 is 0 Å². The number of alkyl halides is 2. The number of halogens is 2. The monoisotopic (exact) mass is 256 g/mol. The first-order chi connectivity index (χ1) is 8.58. The van der Waals surface area contributed by atoms with Crippen LogP contribution in [0.2, 0.25) is 0 Å². The SMILES string of the molecule is Cc1ccc(C2CNCCN2C)cc1OC(F)F. The lowest BCUT2D eigenvalue weighted by atomic mass is 10.0. The maximum Gasteiger partial charge on any atom is 0.387 e. The van der Waals surface area contributed by atoms with Crippen molar-refractivity contribution in [3.05, 3.63) is 29.3 Å². The van der Waals surface area contributed by atoms with Gasteiger partial charge in [-0.25, -0.2) is 0 Å². The van der Waals surface area contributed by atoms with Gasteiger partial charge in [0.1, 0.15) is 5.75 Å². The minimum atomic E-state index is -2.78. The van der Waals surface area contributed by atoms with Gasteiger partial charge in [0.25, 0.3) is 0 Å². The predicted octanol–water partition coefficient (Wildman–Crippen LogP) is 2.17. The van der Waals surface area contributed by atoms with Crippen molar-refractivity contribution in [2.24, 2.45) is 0 Å². The van der Waals surface area contributed by atoms with Crippen LogP contribution in [-0.2, 0) is 0 Å². The summed E-state index contributed by atoms with van der Waals surface area (Å²) >= 11 is 0. The molecule has 1 aromatic carbocycles. The molecule has 3 nitrogen and oxygen atoms in total.